The number of hydrogen-bond acceptors (Lipinski definition) is 13. The van der Waals surface area contributed by atoms with Crippen LogP contribution in [0.2, 0.25) is 0 Å². The minimum absolute atomic E-state index is 0.00495. The molecule has 3 aromatic rings. The van der Waals surface area contributed by atoms with E-state index in [0.717, 1.165) is 18.9 Å². The molecule has 2 aromatic carbocycles. The number of hydrogen-bond donors (Lipinski definition) is 0. The first-order valence-corrected chi connectivity index (χ1v) is 22.5. The molecule has 5 rings (SSSR count). The number of carbonyl (C=O) groups excluding carboxylic acids is 2. The Hall–Kier alpha value is -3.78. The van der Waals surface area contributed by atoms with Gasteiger partial charge in [-0.25, -0.2) is 14.0 Å². The number of ether oxygens (including phenoxy) is 3. The predicted molar refractivity (Wildman–Crippen MR) is 213 cm³/mol. The van der Waals surface area contributed by atoms with E-state index in [1.807, 2.05) is 6.92 Å². The molecule has 1 saturated carbocycles. The normalized spacial score (nSPS) is 16.6. The van der Waals surface area contributed by atoms with Gasteiger partial charge in [-0.3, -0.25) is 13.9 Å². The number of amides is 1. The number of rotatable bonds is 16. The minimum Gasteiger partial charge on any atom is -0.492 e. The summed E-state index contributed by atoms with van der Waals surface area (Å²) in [6.07, 6.45) is 2.49. The third kappa shape index (κ3) is 9.58. The first-order valence-electron chi connectivity index (χ1n) is 19.2. The predicted octanol–water partition coefficient (Wildman–Crippen LogP) is 8.68. The van der Waals surface area contributed by atoms with Gasteiger partial charge < -0.3 is 46.7 Å². The molecule has 0 N–H and O–H groups in total. The molecule has 1 unspecified atom stereocenters. The Labute approximate surface area is 332 Å². The van der Waals surface area contributed by atoms with Crippen molar-refractivity contribution >= 4 is 43.8 Å². The number of methoxy groups -OCH3 is 1. The molecule has 0 bridgehead atoms. The lowest BCUT2D eigenvalue weighted by Gasteiger charge is -2.41. The molecule has 0 spiro atoms. The summed E-state index contributed by atoms with van der Waals surface area (Å²) in [5, 5.41) is -1.51. The number of benzene rings is 2. The van der Waals surface area contributed by atoms with Gasteiger partial charge in [0.05, 0.1) is 44.4 Å². The Bertz CT molecular complexity index is 2050. The van der Waals surface area contributed by atoms with Crippen LogP contribution in [-0.2, 0) is 32.0 Å². The third-order valence-corrected chi connectivity index (χ3v) is 15.3. The Morgan fingerprint density at radius 2 is 1.47 bits per heavy atom. The maximum Gasteiger partial charge on any atom is 0.410 e. The van der Waals surface area contributed by atoms with Crippen LogP contribution in [0.25, 0.3) is 10.9 Å². The molecule has 18 heteroatoms. The van der Waals surface area contributed by atoms with Crippen LogP contribution in [0.15, 0.2) is 41.3 Å². The van der Waals surface area contributed by atoms with Gasteiger partial charge in [-0.1, -0.05) is 12.1 Å². The lowest BCUT2D eigenvalue weighted by atomic mass is 10.1. The molecule has 57 heavy (non-hydrogen) atoms. The van der Waals surface area contributed by atoms with Crippen molar-refractivity contribution in [3.63, 3.8) is 0 Å². The van der Waals surface area contributed by atoms with Crippen LogP contribution < -0.4 is 19.8 Å². The van der Waals surface area contributed by atoms with Crippen molar-refractivity contribution in [3.05, 3.63) is 63.7 Å². The Balaban J connectivity index is 1.48. The highest BCUT2D eigenvalue weighted by Crippen LogP contribution is 2.78. The largest absolute Gasteiger partial charge is 0.492 e. The lowest BCUT2D eigenvalue weighted by Crippen LogP contribution is -2.55. The second-order valence-corrected chi connectivity index (χ2v) is 19.3. The molecule has 1 aliphatic heterocycles. The number of pyridine rings is 1. The quantitative estimate of drug-likeness (QED) is 0.0766. The van der Waals surface area contributed by atoms with Crippen molar-refractivity contribution in [3.8, 4) is 11.5 Å². The summed E-state index contributed by atoms with van der Waals surface area (Å²) in [6.45, 7) is 14.6. The monoisotopic (exact) mass is 837 g/mol. The van der Waals surface area contributed by atoms with E-state index in [1.54, 1.807) is 62.8 Å². The van der Waals surface area contributed by atoms with Crippen molar-refractivity contribution in [2.45, 2.75) is 91.3 Å². The highest BCUT2D eigenvalue weighted by molar-refractivity contribution is 7.72. The molecule has 2 heterocycles. The van der Waals surface area contributed by atoms with Crippen molar-refractivity contribution in [1.82, 2.24) is 9.47 Å². The van der Waals surface area contributed by atoms with Crippen LogP contribution >= 0.6 is 15.2 Å². The average Bonchev–Trinajstić information content (AvgIpc) is 3.97. The Morgan fingerprint density at radius 1 is 0.912 bits per heavy atom. The molecule has 1 atom stereocenters. The molecule has 1 amide bonds. The van der Waals surface area contributed by atoms with E-state index in [2.05, 4.69) is 0 Å². The molecular weight excluding hydrogens is 783 g/mol. The van der Waals surface area contributed by atoms with Crippen LogP contribution in [-0.4, -0.2) is 86.3 Å². The third-order valence-electron chi connectivity index (χ3n) is 9.36. The molecule has 1 saturated heterocycles. The lowest BCUT2D eigenvalue weighted by molar-refractivity contribution is 0.0158. The summed E-state index contributed by atoms with van der Waals surface area (Å²) in [5.41, 5.74) is -1.02. The highest BCUT2D eigenvalue weighted by Gasteiger charge is 2.52. The fraction of sp³-hybridized carbons (Fsp3) is 0.564. The minimum atomic E-state index is -4.13. The van der Waals surface area contributed by atoms with E-state index in [1.165, 1.54) is 37.6 Å². The summed E-state index contributed by atoms with van der Waals surface area (Å²) >= 11 is 0. The Morgan fingerprint density at radius 3 is 1.95 bits per heavy atom. The van der Waals surface area contributed by atoms with Gasteiger partial charge >= 0.3 is 27.3 Å². The first kappa shape index (κ1) is 44.3. The zero-order chi connectivity index (χ0) is 41.9. The van der Waals surface area contributed by atoms with Crippen molar-refractivity contribution < 1.29 is 55.4 Å². The van der Waals surface area contributed by atoms with Gasteiger partial charge in [-0.15, -0.1) is 0 Å². The zero-order valence-electron chi connectivity index (χ0n) is 34.1. The topological polar surface area (TPSA) is 161 Å². The molecule has 15 nitrogen and oxygen atoms in total. The number of halogens is 1. The molecule has 2 fully saturated rings. The van der Waals surface area contributed by atoms with Crippen molar-refractivity contribution in [2.24, 2.45) is 0 Å². The second kappa shape index (κ2) is 18.0. The summed E-state index contributed by atoms with van der Waals surface area (Å²) in [4.78, 5) is 44.0. The zero-order valence-corrected chi connectivity index (χ0v) is 35.9. The van der Waals surface area contributed by atoms with Gasteiger partial charge in [-0.2, -0.15) is 0 Å². The molecular formula is C39H54FN3O12P2. The van der Waals surface area contributed by atoms with E-state index in [-0.39, 0.29) is 91.8 Å². The van der Waals surface area contributed by atoms with Gasteiger partial charge in [0.2, 0.25) is 5.43 Å². The number of fused-ring (bicyclic) bond motifs is 1. The molecule has 1 aromatic heterocycles. The van der Waals surface area contributed by atoms with E-state index in [9.17, 15) is 23.5 Å². The molecule has 1 aliphatic carbocycles. The number of esters is 1. The van der Waals surface area contributed by atoms with E-state index >= 15 is 4.39 Å². The number of aromatic nitrogens is 1. The van der Waals surface area contributed by atoms with Crippen molar-refractivity contribution in [2.75, 3.05) is 58.1 Å². The number of carbonyl (C=O) groups is 2. The molecule has 2 aliphatic rings. The first-order chi connectivity index (χ1) is 26.9. The Kier molecular flexibility index (Phi) is 14.0. The van der Waals surface area contributed by atoms with E-state index in [4.69, 9.17) is 32.3 Å². The second-order valence-electron chi connectivity index (χ2n) is 14.7. The SMILES string of the molecule is CCOP(=O)(OCC)C(c1ccc(OC(=O)c2cn(C3CC3)c3c(OC)c(N4CCN(C(=O)OC(C)(C)C)C(C)C4)c(F)cc3c2=O)cc1)P(=O)(OCC)OCC. The number of anilines is 1. The molecule has 0 radical (unpaired) electrons. The number of nitrogens with zero attached hydrogens (tertiary/aromatic N) is 3. The molecule has 314 valence electrons. The van der Waals surface area contributed by atoms with Gasteiger partial charge in [0, 0.05) is 37.9 Å². The van der Waals surface area contributed by atoms with Crippen LogP contribution in [0.3, 0.4) is 0 Å². The number of piperazine rings is 1. The summed E-state index contributed by atoms with van der Waals surface area (Å²) in [7, 11) is -6.86. The van der Waals surface area contributed by atoms with Gasteiger partial charge in [-0.05, 0) is 92.0 Å². The fourth-order valence-corrected chi connectivity index (χ4v) is 12.4. The van der Waals surface area contributed by atoms with Gasteiger partial charge in [0.25, 0.3) is 0 Å². The fourth-order valence-electron chi connectivity index (χ4n) is 6.95. The standard InChI is InChI=1S/C39H54FN3O12P2/c1-10-50-56(47,51-11-2)37(57(48,52-12-3)53-13-4)26-14-18-28(19-15-26)54-36(45)30-24-43(27-16-17-27)32-29(34(30)44)22-31(40)33(35(32)49-9)41-20-21-42(25(5)23-41)38(46)55-39(6,7)8/h14-15,18-19,22,24-25,27,37H,10-13,16-17,20-21,23H2,1-9H3. The van der Waals surface area contributed by atoms with Gasteiger partial charge in [0.1, 0.15) is 22.6 Å². The summed E-state index contributed by atoms with van der Waals surface area (Å²) in [6, 6.07) is 6.39. The maximum absolute atomic E-state index is 16.3. The summed E-state index contributed by atoms with van der Waals surface area (Å²) < 4.78 is 85.7. The van der Waals surface area contributed by atoms with E-state index in [0.29, 0.717) is 5.52 Å². The average molecular weight is 838 g/mol. The van der Waals surface area contributed by atoms with Gasteiger partial charge in [0.15, 0.2) is 17.0 Å². The van der Waals surface area contributed by atoms with Crippen LogP contribution in [0, 0.1) is 5.82 Å². The van der Waals surface area contributed by atoms with Crippen LogP contribution in [0.5, 0.6) is 11.5 Å². The van der Waals surface area contributed by atoms with E-state index < -0.39 is 49.5 Å². The smallest absolute Gasteiger partial charge is 0.410 e. The van der Waals surface area contributed by atoms with Crippen molar-refractivity contribution in [1.29, 1.82) is 0 Å². The summed E-state index contributed by atoms with van der Waals surface area (Å²) in [5.74, 6) is -1.55. The maximum atomic E-state index is 16.3. The van der Waals surface area contributed by atoms with Crippen LogP contribution in [0.4, 0.5) is 14.9 Å². The highest BCUT2D eigenvalue weighted by atomic mass is 31.2. The van der Waals surface area contributed by atoms with Crippen LogP contribution in [0.1, 0.15) is 95.6 Å².